The maximum Gasteiger partial charge on any atom is 0.314 e. The molecule has 0 bridgehead atoms. The number of para-hydroxylation sites is 1. The lowest BCUT2D eigenvalue weighted by Gasteiger charge is -2.10. The van der Waals surface area contributed by atoms with Gasteiger partial charge in [-0.25, -0.2) is 4.79 Å². The lowest BCUT2D eigenvalue weighted by molar-refractivity contribution is 0.238. The predicted octanol–water partition coefficient (Wildman–Crippen LogP) is 2.74. The van der Waals surface area contributed by atoms with Gasteiger partial charge in [0.25, 0.3) is 0 Å². The van der Waals surface area contributed by atoms with Crippen LogP contribution in [0.2, 0.25) is 0 Å². The fourth-order valence-electron chi connectivity index (χ4n) is 2.53. The first-order valence-electron chi connectivity index (χ1n) is 7.08. The third-order valence-corrected chi connectivity index (χ3v) is 3.61. The number of hydrogen-bond donors (Lipinski definition) is 2. The summed E-state index contributed by atoms with van der Waals surface area (Å²) in [5.41, 5.74) is 3.82. The van der Waals surface area contributed by atoms with Gasteiger partial charge in [-0.05, 0) is 38.8 Å². The quantitative estimate of drug-likeness (QED) is 0.884. The van der Waals surface area contributed by atoms with Crippen LogP contribution in [0.4, 0.5) is 4.79 Å². The smallest absolute Gasteiger partial charge is 0.314 e. The SMILES string of the molecule is Cc1c(CCNC(=O)NC(C)C)c2ccccc2n1C. The number of nitrogens with zero attached hydrogens (tertiary/aromatic N) is 1. The van der Waals surface area contributed by atoms with Crippen molar-refractivity contribution in [3.63, 3.8) is 0 Å². The van der Waals surface area contributed by atoms with Crippen LogP contribution in [0.1, 0.15) is 25.1 Å². The van der Waals surface area contributed by atoms with Crippen molar-refractivity contribution >= 4 is 16.9 Å². The summed E-state index contributed by atoms with van der Waals surface area (Å²) in [6.45, 7) is 6.68. The second-order valence-corrected chi connectivity index (χ2v) is 5.45. The molecule has 0 aliphatic heterocycles. The van der Waals surface area contributed by atoms with Gasteiger partial charge in [-0.3, -0.25) is 0 Å². The van der Waals surface area contributed by atoms with Crippen LogP contribution >= 0.6 is 0 Å². The molecule has 2 amide bonds. The first-order chi connectivity index (χ1) is 9.50. The average Bonchev–Trinajstić information content (AvgIpc) is 2.63. The molecule has 4 heteroatoms. The highest BCUT2D eigenvalue weighted by atomic mass is 16.2. The van der Waals surface area contributed by atoms with Crippen molar-refractivity contribution in [2.24, 2.45) is 7.05 Å². The molecule has 0 saturated carbocycles. The van der Waals surface area contributed by atoms with E-state index in [-0.39, 0.29) is 12.1 Å². The number of urea groups is 1. The number of benzene rings is 1. The van der Waals surface area contributed by atoms with Gasteiger partial charge in [0.05, 0.1) is 0 Å². The van der Waals surface area contributed by atoms with Crippen LogP contribution in [0.15, 0.2) is 24.3 Å². The zero-order chi connectivity index (χ0) is 14.7. The standard InChI is InChI=1S/C16H23N3O/c1-11(2)18-16(20)17-10-9-13-12(3)19(4)15-8-6-5-7-14(13)15/h5-8,11H,9-10H2,1-4H3,(H2,17,18,20). The summed E-state index contributed by atoms with van der Waals surface area (Å²) < 4.78 is 2.21. The number of nitrogens with one attached hydrogen (secondary N) is 2. The summed E-state index contributed by atoms with van der Waals surface area (Å²) in [6, 6.07) is 8.45. The molecule has 0 unspecified atom stereocenters. The largest absolute Gasteiger partial charge is 0.348 e. The highest BCUT2D eigenvalue weighted by molar-refractivity contribution is 5.85. The van der Waals surface area contributed by atoms with Crippen molar-refractivity contribution in [2.75, 3.05) is 6.54 Å². The van der Waals surface area contributed by atoms with Crippen LogP contribution in [0.5, 0.6) is 0 Å². The Morgan fingerprint density at radius 1 is 1.30 bits per heavy atom. The second kappa shape index (κ2) is 5.99. The van der Waals surface area contributed by atoms with Gasteiger partial charge in [0.15, 0.2) is 0 Å². The minimum atomic E-state index is -0.0992. The maximum atomic E-state index is 11.6. The number of carbonyl (C=O) groups is 1. The third-order valence-electron chi connectivity index (χ3n) is 3.61. The van der Waals surface area contributed by atoms with E-state index in [1.54, 1.807) is 0 Å². The Morgan fingerprint density at radius 3 is 2.70 bits per heavy atom. The number of amides is 2. The van der Waals surface area contributed by atoms with Crippen molar-refractivity contribution in [3.05, 3.63) is 35.5 Å². The fourth-order valence-corrected chi connectivity index (χ4v) is 2.53. The number of fused-ring (bicyclic) bond motifs is 1. The third kappa shape index (κ3) is 2.95. The van der Waals surface area contributed by atoms with Crippen LogP contribution in [0, 0.1) is 6.92 Å². The molecule has 1 aromatic carbocycles. The predicted molar refractivity (Wildman–Crippen MR) is 83.0 cm³/mol. The first kappa shape index (κ1) is 14.4. The van der Waals surface area contributed by atoms with Crippen molar-refractivity contribution in [2.45, 2.75) is 33.2 Å². The minimum absolute atomic E-state index is 0.0992. The van der Waals surface area contributed by atoms with Gasteiger partial charge in [0.1, 0.15) is 0 Å². The molecule has 1 aromatic heterocycles. The number of carbonyl (C=O) groups excluding carboxylic acids is 1. The molecule has 0 fully saturated rings. The van der Waals surface area contributed by atoms with E-state index in [4.69, 9.17) is 0 Å². The number of aryl methyl sites for hydroxylation is 1. The Balaban J connectivity index is 2.07. The van der Waals surface area contributed by atoms with Crippen LogP contribution in [-0.2, 0) is 13.5 Å². The Hall–Kier alpha value is -1.97. The van der Waals surface area contributed by atoms with E-state index in [1.807, 2.05) is 13.8 Å². The van der Waals surface area contributed by atoms with Gasteiger partial charge >= 0.3 is 6.03 Å². The Bertz CT molecular complexity index is 613. The molecule has 0 aliphatic rings. The van der Waals surface area contributed by atoms with E-state index in [0.29, 0.717) is 6.54 Å². The summed E-state index contributed by atoms with van der Waals surface area (Å²) in [7, 11) is 2.08. The van der Waals surface area contributed by atoms with E-state index in [9.17, 15) is 4.79 Å². The second-order valence-electron chi connectivity index (χ2n) is 5.45. The molecule has 2 aromatic rings. The monoisotopic (exact) mass is 273 g/mol. The normalized spacial score (nSPS) is 11.1. The number of hydrogen-bond acceptors (Lipinski definition) is 1. The molecular weight excluding hydrogens is 250 g/mol. The molecule has 0 spiro atoms. The van der Waals surface area contributed by atoms with Crippen LogP contribution in [0.25, 0.3) is 10.9 Å². The molecular formula is C16H23N3O. The van der Waals surface area contributed by atoms with Gasteiger partial charge in [-0.2, -0.15) is 0 Å². The van der Waals surface area contributed by atoms with E-state index in [2.05, 4.69) is 53.4 Å². The lowest BCUT2D eigenvalue weighted by atomic mass is 10.1. The Labute approximate surface area is 120 Å². The first-order valence-corrected chi connectivity index (χ1v) is 7.08. The van der Waals surface area contributed by atoms with E-state index < -0.39 is 0 Å². The molecule has 108 valence electrons. The topological polar surface area (TPSA) is 46.1 Å². The highest BCUT2D eigenvalue weighted by Crippen LogP contribution is 2.24. The van der Waals surface area contributed by atoms with Crippen molar-refractivity contribution in [1.29, 1.82) is 0 Å². The molecule has 0 radical (unpaired) electrons. The van der Waals surface area contributed by atoms with Gasteiger partial charge in [0.2, 0.25) is 0 Å². The molecule has 0 aliphatic carbocycles. The summed E-state index contributed by atoms with van der Waals surface area (Å²) in [4.78, 5) is 11.6. The molecule has 4 nitrogen and oxygen atoms in total. The van der Waals surface area contributed by atoms with E-state index >= 15 is 0 Å². The van der Waals surface area contributed by atoms with E-state index in [0.717, 1.165) is 6.42 Å². The molecule has 20 heavy (non-hydrogen) atoms. The number of aromatic nitrogens is 1. The maximum absolute atomic E-state index is 11.6. The zero-order valence-electron chi connectivity index (χ0n) is 12.7. The fraction of sp³-hybridized carbons (Fsp3) is 0.438. The summed E-state index contributed by atoms with van der Waals surface area (Å²) >= 11 is 0. The van der Waals surface area contributed by atoms with Gasteiger partial charge in [-0.15, -0.1) is 0 Å². The van der Waals surface area contributed by atoms with Crippen LogP contribution in [0.3, 0.4) is 0 Å². The van der Waals surface area contributed by atoms with Crippen LogP contribution in [-0.4, -0.2) is 23.2 Å². The summed E-state index contributed by atoms with van der Waals surface area (Å²) in [5, 5.41) is 7.01. The molecule has 2 N–H and O–H groups in total. The highest BCUT2D eigenvalue weighted by Gasteiger charge is 2.11. The zero-order valence-corrected chi connectivity index (χ0v) is 12.7. The summed E-state index contributed by atoms with van der Waals surface area (Å²) in [5.74, 6) is 0. The van der Waals surface area contributed by atoms with E-state index in [1.165, 1.54) is 22.2 Å². The minimum Gasteiger partial charge on any atom is -0.348 e. The van der Waals surface area contributed by atoms with Crippen LogP contribution < -0.4 is 10.6 Å². The molecule has 0 atom stereocenters. The average molecular weight is 273 g/mol. The van der Waals surface area contributed by atoms with Gasteiger partial charge in [0, 0.05) is 36.2 Å². The summed E-state index contributed by atoms with van der Waals surface area (Å²) in [6.07, 6.45) is 0.846. The van der Waals surface area contributed by atoms with Crippen molar-refractivity contribution < 1.29 is 4.79 Å². The Morgan fingerprint density at radius 2 is 2.00 bits per heavy atom. The molecule has 0 saturated heterocycles. The van der Waals surface area contributed by atoms with Crippen molar-refractivity contribution in [1.82, 2.24) is 15.2 Å². The van der Waals surface area contributed by atoms with Gasteiger partial charge in [-0.1, -0.05) is 18.2 Å². The molecule has 1 heterocycles. The lowest BCUT2D eigenvalue weighted by Crippen LogP contribution is -2.40. The Kier molecular flexibility index (Phi) is 4.32. The van der Waals surface area contributed by atoms with Crippen molar-refractivity contribution in [3.8, 4) is 0 Å². The molecule has 2 rings (SSSR count). The number of rotatable bonds is 4. The van der Waals surface area contributed by atoms with Gasteiger partial charge < -0.3 is 15.2 Å².